The Balaban J connectivity index is 1.98. The minimum Gasteiger partial charge on any atom is -0.370 e. The first-order valence-corrected chi connectivity index (χ1v) is 7.34. The Bertz CT molecular complexity index is 476. The molecule has 1 unspecified atom stereocenters. The first-order chi connectivity index (χ1) is 9.06. The summed E-state index contributed by atoms with van der Waals surface area (Å²) >= 11 is 3.13. The maximum Gasteiger partial charge on any atom is 0.191 e. The molecule has 1 fully saturated rings. The Labute approximate surface area is 121 Å². The van der Waals surface area contributed by atoms with Crippen molar-refractivity contribution >= 4 is 21.9 Å². The average molecular weight is 328 g/mol. The lowest BCUT2D eigenvalue weighted by Crippen LogP contribution is -2.43. The van der Waals surface area contributed by atoms with Crippen LogP contribution in [-0.4, -0.2) is 23.9 Å². The second-order valence-electron chi connectivity index (χ2n) is 5.12. The third kappa shape index (κ3) is 3.93. The van der Waals surface area contributed by atoms with E-state index in [-0.39, 0.29) is 5.82 Å². The lowest BCUT2D eigenvalue weighted by atomic mass is 10.0. The number of benzene rings is 1. The third-order valence-corrected chi connectivity index (χ3v) is 4.03. The van der Waals surface area contributed by atoms with Crippen molar-refractivity contribution in [2.45, 2.75) is 26.3 Å². The van der Waals surface area contributed by atoms with Gasteiger partial charge in [-0.05, 0) is 52.4 Å². The number of nitrogens with zero attached hydrogens (tertiary/aromatic N) is 2. The highest BCUT2D eigenvalue weighted by Crippen LogP contribution is 2.17. The van der Waals surface area contributed by atoms with Gasteiger partial charge in [-0.2, -0.15) is 0 Å². The fraction of sp³-hybridized carbons (Fsp3) is 0.500. The monoisotopic (exact) mass is 327 g/mol. The number of guanidine groups is 1. The summed E-state index contributed by atoms with van der Waals surface area (Å²) in [5, 5.41) is 0. The van der Waals surface area contributed by atoms with Crippen molar-refractivity contribution in [1.82, 2.24) is 4.90 Å². The first kappa shape index (κ1) is 14.3. The fourth-order valence-electron chi connectivity index (χ4n) is 2.31. The maximum atomic E-state index is 13.4. The summed E-state index contributed by atoms with van der Waals surface area (Å²) in [4.78, 5) is 6.48. The number of hydrogen-bond acceptors (Lipinski definition) is 1. The molecule has 1 atom stereocenters. The van der Waals surface area contributed by atoms with Crippen LogP contribution in [0.5, 0.6) is 0 Å². The predicted molar refractivity (Wildman–Crippen MR) is 79.4 cm³/mol. The molecule has 5 heteroatoms. The molecule has 1 aromatic rings. The Morgan fingerprint density at radius 1 is 1.58 bits per heavy atom. The van der Waals surface area contributed by atoms with E-state index >= 15 is 0 Å². The smallest absolute Gasteiger partial charge is 0.191 e. The van der Waals surface area contributed by atoms with Crippen molar-refractivity contribution in [2.75, 3.05) is 13.1 Å². The van der Waals surface area contributed by atoms with E-state index < -0.39 is 0 Å². The van der Waals surface area contributed by atoms with Gasteiger partial charge in [-0.15, -0.1) is 0 Å². The zero-order chi connectivity index (χ0) is 13.8. The number of nitrogens with two attached hydrogens (primary N) is 1. The highest BCUT2D eigenvalue weighted by atomic mass is 79.9. The van der Waals surface area contributed by atoms with Crippen LogP contribution in [0, 0.1) is 11.7 Å². The minimum absolute atomic E-state index is 0.266. The summed E-state index contributed by atoms with van der Waals surface area (Å²) in [7, 11) is 0. The molecule has 0 aromatic heterocycles. The van der Waals surface area contributed by atoms with Crippen molar-refractivity contribution < 1.29 is 4.39 Å². The summed E-state index contributed by atoms with van der Waals surface area (Å²) in [6.45, 7) is 4.57. The van der Waals surface area contributed by atoms with E-state index in [1.54, 1.807) is 6.07 Å². The highest BCUT2D eigenvalue weighted by molar-refractivity contribution is 9.10. The number of halogens is 2. The zero-order valence-electron chi connectivity index (χ0n) is 11.1. The molecule has 2 N–H and O–H groups in total. The summed E-state index contributed by atoms with van der Waals surface area (Å²) in [6, 6.07) is 5.03. The van der Waals surface area contributed by atoms with Crippen LogP contribution in [0.25, 0.3) is 0 Å². The average Bonchev–Trinajstić information content (AvgIpc) is 2.40. The molecule has 104 valence electrons. The molecular weight excluding hydrogens is 309 g/mol. The van der Waals surface area contributed by atoms with Crippen LogP contribution in [0.1, 0.15) is 25.3 Å². The van der Waals surface area contributed by atoms with Gasteiger partial charge in [0.15, 0.2) is 5.96 Å². The van der Waals surface area contributed by atoms with Crippen LogP contribution >= 0.6 is 15.9 Å². The summed E-state index contributed by atoms with van der Waals surface area (Å²) in [6.07, 6.45) is 2.41. The molecule has 0 radical (unpaired) electrons. The number of piperidine rings is 1. The van der Waals surface area contributed by atoms with E-state index in [2.05, 4.69) is 32.7 Å². The lowest BCUT2D eigenvalue weighted by Gasteiger charge is -2.31. The van der Waals surface area contributed by atoms with Gasteiger partial charge < -0.3 is 10.6 Å². The summed E-state index contributed by atoms with van der Waals surface area (Å²) in [5.41, 5.74) is 6.83. The highest BCUT2D eigenvalue weighted by Gasteiger charge is 2.17. The van der Waals surface area contributed by atoms with E-state index in [1.165, 1.54) is 12.5 Å². The number of rotatable bonds is 2. The summed E-state index contributed by atoms with van der Waals surface area (Å²) < 4.78 is 13.8. The van der Waals surface area contributed by atoms with E-state index in [4.69, 9.17) is 5.73 Å². The molecule has 0 amide bonds. The van der Waals surface area contributed by atoms with Crippen molar-refractivity contribution in [1.29, 1.82) is 0 Å². The number of aliphatic imine (C=N–C) groups is 1. The SMILES string of the molecule is CC1CCCN(C(N)=NCc2ccc(Br)c(F)c2)C1. The second-order valence-corrected chi connectivity index (χ2v) is 5.97. The molecule has 2 rings (SSSR count). The van der Waals surface area contributed by atoms with Crippen LogP contribution in [0.4, 0.5) is 4.39 Å². The Kier molecular flexibility index (Phi) is 4.80. The first-order valence-electron chi connectivity index (χ1n) is 6.55. The standard InChI is InChI=1S/C14H19BrFN3/c1-10-3-2-6-19(9-10)14(17)18-8-11-4-5-12(15)13(16)7-11/h4-5,7,10H,2-3,6,8-9H2,1H3,(H2,17,18). The van der Waals surface area contributed by atoms with Gasteiger partial charge in [-0.1, -0.05) is 13.0 Å². The molecule has 0 saturated carbocycles. The van der Waals surface area contributed by atoms with E-state index in [9.17, 15) is 4.39 Å². The normalized spacial score (nSPS) is 20.7. The Morgan fingerprint density at radius 3 is 3.05 bits per heavy atom. The molecule has 1 saturated heterocycles. The second kappa shape index (κ2) is 6.37. The molecule has 1 aromatic carbocycles. The molecule has 19 heavy (non-hydrogen) atoms. The van der Waals surface area contributed by atoms with Crippen LogP contribution in [0.15, 0.2) is 27.7 Å². The molecule has 3 nitrogen and oxygen atoms in total. The largest absolute Gasteiger partial charge is 0.370 e. The molecule has 0 aliphatic carbocycles. The minimum atomic E-state index is -0.266. The molecule has 0 bridgehead atoms. The van der Waals surface area contributed by atoms with E-state index in [1.807, 2.05) is 6.07 Å². The van der Waals surface area contributed by atoms with Gasteiger partial charge in [-0.3, -0.25) is 0 Å². The van der Waals surface area contributed by atoms with Gasteiger partial charge in [0.2, 0.25) is 0 Å². The van der Waals surface area contributed by atoms with Gasteiger partial charge in [0.25, 0.3) is 0 Å². The van der Waals surface area contributed by atoms with Crippen LogP contribution in [0.3, 0.4) is 0 Å². The van der Waals surface area contributed by atoms with Crippen molar-refractivity contribution in [3.05, 3.63) is 34.1 Å². The van der Waals surface area contributed by atoms with E-state index in [0.29, 0.717) is 22.9 Å². The summed E-state index contributed by atoms with van der Waals surface area (Å²) in [5.74, 6) is 0.959. The van der Waals surface area contributed by atoms with Crippen LogP contribution in [-0.2, 0) is 6.54 Å². The zero-order valence-corrected chi connectivity index (χ0v) is 12.7. The third-order valence-electron chi connectivity index (χ3n) is 3.39. The maximum absolute atomic E-state index is 13.4. The van der Waals surface area contributed by atoms with Crippen molar-refractivity contribution in [3.63, 3.8) is 0 Å². The fourth-order valence-corrected chi connectivity index (χ4v) is 2.55. The van der Waals surface area contributed by atoms with Gasteiger partial charge in [0, 0.05) is 13.1 Å². The Morgan fingerprint density at radius 2 is 2.37 bits per heavy atom. The quantitative estimate of drug-likeness (QED) is 0.669. The molecule has 0 spiro atoms. The lowest BCUT2D eigenvalue weighted by molar-refractivity contribution is 0.270. The van der Waals surface area contributed by atoms with Crippen molar-refractivity contribution in [3.8, 4) is 0 Å². The van der Waals surface area contributed by atoms with Gasteiger partial charge in [0.05, 0.1) is 11.0 Å². The molecule has 1 aliphatic rings. The molecular formula is C14H19BrFN3. The number of likely N-dealkylation sites (tertiary alicyclic amines) is 1. The van der Waals surface area contributed by atoms with Gasteiger partial charge in [0.1, 0.15) is 5.82 Å². The van der Waals surface area contributed by atoms with Gasteiger partial charge in [-0.25, -0.2) is 9.38 Å². The molecule has 1 aliphatic heterocycles. The molecule has 1 heterocycles. The number of hydrogen-bond donors (Lipinski definition) is 1. The topological polar surface area (TPSA) is 41.6 Å². The van der Waals surface area contributed by atoms with E-state index in [0.717, 1.165) is 25.1 Å². The van der Waals surface area contributed by atoms with Gasteiger partial charge >= 0.3 is 0 Å². The van der Waals surface area contributed by atoms with Crippen LogP contribution in [0.2, 0.25) is 0 Å². The Hall–Kier alpha value is -1.10. The predicted octanol–water partition coefficient (Wildman–Crippen LogP) is 3.13. The van der Waals surface area contributed by atoms with Crippen LogP contribution < -0.4 is 5.73 Å². The van der Waals surface area contributed by atoms with Crippen molar-refractivity contribution in [2.24, 2.45) is 16.6 Å².